The molecular weight excluding hydrogens is 757 g/mol. The van der Waals surface area contributed by atoms with Crippen LogP contribution in [0.1, 0.15) is 0 Å². The van der Waals surface area contributed by atoms with Gasteiger partial charge in [0, 0.05) is 49.4 Å². The lowest BCUT2D eigenvalue weighted by Crippen LogP contribution is -2.02. The van der Waals surface area contributed by atoms with Gasteiger partial charge in [0.25, 0.3) is 0 Å². The van der Waals surface area contributed by atoms with Gasteiger partial charge in [-0.25, -0.2) is 15.0 Å². The van der Waals surface area contributed by atoms with Crippen LogP contribution in [0, 0.1) is 0 Å². The molecule has 3 aromatic heterocycles. The number of rotatable bonds is 7. The van der Waals surface area contributed by atoms with Crippen LogP contribution in [0.25, 0.3) is 117 Å². The lowest BCUT2D eigenvalue weighted by molar-refractivity contribution is 0.670. The number of para-hydroxylation sites is 3. The third-order valence-corrected chi connectivity index (χ3v) is 11.9. The largest absolute Gasteiger partial charge is 0.455 e. The van der Waals surface area contributed by atoms with Gasteiger partial charge in [-0.1, -0.05) is 182 Å². The first-order chi connectivity index (χ1) is 30.7. The van der Waals surface area contributed by atoms with Crippen molar-refractivity contribution in [1.82, 2.24) is 19.5 Å². The highest BCUT2D eigenvalue weighted by Crippen LogP contribution is 2.43. The van der Waals surface area contributed by atoms with Gasteiger partial charge in [-0.3, -0.25) is 0 Å². The van der Waals surface area contributed by atoms with Gasteiger partial charge < -0.3 is 8.98 Å². The molecule has 3 heterocycles. The lowest BCUT2D eigenvalue weighted by atomic mass is 9.92. The zero-order valence-electron chi connectivity index (χ0n) is 33.5. The summed E-state index contributed by atoms with van der Waals surface area (Å²) in [5.41, 5.74) is 14.4. The molecule has 0 unspecified atom stereocenters. The molecule has 0 spiro atoms. The number of furan rings is 1. The van der Waals surface area contributed by atoms with E-state index in [1.165, 1.54) is 10.8 Å². The van der Waals surface area contributed by atoms with E-state index in [1.54, 1.807) is 0 Å². The summed E-state index contributed by atoms with van der Waals surface area (Å²) in [7, 11) is 0. The van der Waals surface area contributed by atoms with E-state index in [1.807, 2.05) is 72.8 Å². The van der Waals surface area contributed by atoms with Crippen LogP contribution in [0.4, 0.5) is 0 Å². The summed E-state index contributed by atoms with van der Waals surface area (Å²) in [5, 5.41) is 4.58. The highest BCUT2D eigenvalue weighted by atomic mass is 16.3. The Kier molecular flexibility index (Phi) is 8.42. The van der Waals surface area contributed by atoms with Crippen molar-refractivity contribution in [3.63, 3.8) is 0 Å². The van der Waals surface area contributed by atoms with Gasteiger partial charge in [-0.05, 0) is 58.7 Å². The van der Waals surface area contributed by atoms with Gasteiger partial charge >= 0.3 is 0 Å². The summed E-state index contributed by atoms with van der Waals surface area (Å²) < 4.78 is 8.98. The molecule has 0 atom stereocenters. The molecule has 0 aliphatic carbocycles. The molecule has 290 valence electrons. The van der Waals surface area contributed by atoms with Gasteiger partial charge in [0.05, 0.1) is 16.7 Å². The minimum absolute atomic E-state index is 0.603. The molecular formula is C57H36N4O. The van der Waals surface area contributed by atoms with Crippen LogP contribution in [0.15, 0.2) is 223 Å². The van der Waals surface area contributed by atoms with Crippen LogP contribution in [-0.4, -0.2) is 19.5 Å². The maximum Gasteiger partial charge on any atom is 0.164 e. The monoisotopic (exact) mass is 792 g/mol. The van der Waals surface area contributed by atoms with Crippen molar-refractivity contribution >= 4 is 43.7 Å². The molecule has 0 saturated heterocycles. The number of nitrogens with zero attached hydrogens (tertiary/aromatic N) is 4. The molecule has 9 aromatic carbocycles. The van der Waals surface area contributed by atoms with E-state index in [-0.39, 0.29) is 0 Å². The SMILES string of the molecule is c1ccc(-c2nc(-c3ccccc3)nc(-c3ccc(-n4c5ccccc5c5ccc(-c6cccc7c6oc6ccccc67)cc54)c(-c4ccccc4-c4ccccc4)c3)n2)cc1. The van der Waals surface area contributed by atoms with Gasteiger partial charge in [-0.15, -0.1) is 0 Å². The van der Waals surface area contributed by atoms with Crippen molar-refractivity contribution in [1.29, 1.82) is 0 Å². The van der Waals surface area contributed by atoms with Crippen molar-refractivity contribution in [2.75, 3.05) is 0 Å². The molecule has 0 fully saturated rings. The van der Waals surface area contributed by atoms with E-state index in [0.29, 0.717) is 17.5 Å². The minimum atomic E-state index is 0.603. The Morgan fingerprint density at radius 1 is 0.306 bits per heavy atom. The van der Waals surface area contributed by atoms with Crippen LogP contribution in [0.3, 0.4) is 0 Å². The zero-order chi connectivity index (χ0) is 41.0. The highest BCUT2D eigenvalue weighted by molar-refractivity contribution is 6.13. The summed E-state index contributed by atoms with van der Waals surface area (Å²) in [4.78, 5) is 15.3. The molecule has 12 aromatic rings. The predicted octanol–water partition coefficient (Wildman–Crippen LogP) is 14.9. The molecule has 62 heavy (non-hydrogen) atoms. The average Bonchev–Trinajstić information content (AvgIpc) is 3.90. The first kappa shape index (κ1) is 35.5. The fourth-order valence-corrected chi connectivity index (χ4v) is 8.98. The fourth-order valence-electron chi connectivity index (χ4n) is 8.98. The Morgan fingerprint density at radius 3 is 1.56 bits per heavy atom. The third kappa shape index (κ3) is 5.98. The van der Waals surface area contributed by atoms with E-state index in [0.717, 1.165) is 88.7 Å². The van der Waals surface area contributed by atoms with Crippen molar-refractivity contribution in [3.8, 4) is 73.2 Å². The van der Waals surface area contributed by atoms with E-state index in [2.05, 4.69) is 150 Å². The Balaban J connectivity index is 1.13. The first-order valence-electron chi connectivity index (χ1n) is 20.9. The Hall–Kier alpha value is -8.41. The van der Waals surface area contributed by atoms with E-state index >= 15 is 0 Å². The van der Waals surface area contributed by atoms with Crippen molar-refractivity contribution in [2.24, 2.45) is 0 Å². The van der Waals surface area contributed by atoms with E-state index in [9.17, 15) is 0 Å². The number of aromatic nitrogens is 4. The number of fused-ring (bicyclic) bond motifs is 6. The Bertz CT molecular complexity index is 3570. The molecule has 0 bridgehead atoms. The van der Waals surface area contributed by atoms with Crippen LogP contribution in [0.5, 0.6) is 0 Å². The number of benzene rings is 9. The second kappa shape index (κ2) is 14.7. The fraction of sp³-hybridized carbons (Fsp3) is 0. The number of hydrogen-bond acceptors (Lipinski definition) is 4. The normalized spacial score (nSPS) is 11.5. The van der Waals surface area contributed by atoms with Crippen molar-refractivity contribution < 1.29 is 4.42 Å². The van der Waals surface area contributed by atoms with Gasteiger partial charge in [0.2, 0.25) is 0 Å². The average molecular weight is 793 g/mol. The summed E-state index contributed by atoms with van der Waals surface area (Å²) in [6.45, 7) is 0. The van der Waals surface area contributed by atoms with Crippen LogP contribution in [0.2, 0.25) is 0 Å². The van der Waals surface area contributed by atoms with E-state index < -0.39 is 0 Å². The smallest absolute Gasteiger partial charge is 0.164 e. The van der Waals surface area contributed by atoms with Crippen LogP contribution >= 0.6 is 0 Å². The zero-order valence-corrected chi connectivity index (χ0v) is 33.5. The van der Waals surface area contributed by atoms with Gasteiger partial charge in [0.15, 0.2) is 17.5 Å². The minimum Gasteiger partial charge on any atom is -0.455 e. The molecule has 0 N–H and O–H groups in total. The highest BCUT2D eigenvalue weighted by Gasteiger charge is 2.22. The molecule has 0 aliphatic heterocycles. The summed E-state index contributed by atoms with van der Waals surface area (Å²) in [6, 6.07) is 76.4. The van der Waals surface area contributed by atoms with Crippen molar-refractivity contribution in [3.05, 3.63) is 218 Å². The maximum absolute atomic E-state index is 6.56. The van der Waals surface area contributed by atoms with E-state index in [4.69, 9.17) is 19.4 Å². The van der Waals surface area contributed by atoms with Gasteiger partial charge in [-0.2, -0.15) is 0 Å². The summed E-state index contributed by atoms with van der Waals surface area (Å²) in [5.74, 6) is 1.85. The molecule has 12 rings (SSSR count). The molecule has 0 aliphatic rings. The second-order valence-corrected chi connectivity index (χ2v) is 15.5. The maximum atomic E-state index is 6.56. The predicted molar refractivity (Wildman–Crippen MR) is 254 cm³/mol. The first-order valence-corrected chi connectivity index (χ1v) is 20.9. The molecule has 0 saturated carbocycles. The van der Waals surface area contributed by atoms with Crippen molar-refractivity contribution in [2.45, 2.75) is 0 Å². The summed E-state index contributed by atoms with van der Waals surface area (Å²) >= 11 is 0. The van der Waals surface area contributed by atoms with Crippen LogP contribution < -0.4 is 0 Å². The quantitative estimate of drug-likeness (QED) is 0.161. The van der Waals surface area contributed by atoms with Crippen LogP contribution in [-0.2, 0) is 0 Å². The summed E-state index contributed by atoms with van der Waals surface area (Å²) in [6.07, 6.45) is 0. The molecule has 0 radical (unpaired) electrons. The standard InChI is InChI=1S/C57H36N4O/c1-4-17-37(18-5-1)42-23-10-11-24-44(42)49-35-41(57-59-55(38-19-6-2-7-20-38)58-56(60-57)39-21-8-3-9-22-39)32-34-51(49)61-50-29-14-12-25-45(50)46-33-31-40(36-52(46)61)43-27-16-28-48-47-26-13-15-30-53(47)62-54(43)48/h1-36H. The Morgan fingerprint density at radius 2 is 0.839 bits per heavy atom. The second-order valence-electron chi connectivity index (χ2n) is 15.5. The topological polar surface area (TPSA) is 56.7 Å². The third-order valence-electron chi connectivity index (χ3n) is 11.9. The Labute approximate surface area is 357 Å². The molecule has 5 nitrogen and oxygen atoms in total. The molecule has 0 amide bonds. The lowest BCUT2D eigenvalue weighted by Gasteiger charge is -2.19. The number of hydrogen-bond donors (Lipinski definition) is 0. The van der Waals surface area contributed by atoms with Gasteiger partial charge in [0.1, 0.15) is 11.2 Å². The molecule has 5 heteroatoms.